The lowest BCUT2D eigenvalue weighted by Crippen LogP contribution is -2.43. The third kappa shape index (κ3) is 3.91. The van der Waals surface area contributed by atoms with Gasteiger partial charge in [-0.25, -0.2) is 0 Å². The average Bonchev–Trinajstić information content (AvgIpc) is 2.28. The SMILES string of the molecule is COc1ccc(C)cc1C(=O)NC(C)(C)CCCl. The summed E-state index contributed by atoms with van der Waals surface area (Å²) in [6.45, 7) is 5.85. The molecule has 1 amide bonds. The topological polar surface area (TPSA) is 38.3 Å². The fraction of sp³-hybridized carbons (Fsp3) is 0.500. The quantitative estimate of drug-likeness (QED) is 0.834. The molecule has 3 nitrogen and oxygen atoms in total. The number of alkyl halides is 1. The first-order valence-corrected chi connectivity index (χ1v) is 6.46. The van der Waals surface area contributed by atoms with Crippen molar-refractivity contribution in [2.75, 3.05) is 13.0 Å². The molecule has 0 aliphatic heterocycles. The lowest BCUT2D eigenvalue weighted by molar-refractivity contribution is 0.0908. The summed E-state index contributed by atoms with van der Waals surface area (Å²) in [6, 6.07) is 5.54. The number of amides is 1. The van der Waals surface area contributed by atoms with Gasteiger partial charge < -0.3 is 10.1 Å². The minimum absolute atomic E-state index is 0.134. The molecule has 100 valence electrons. The Balaban J connectivity index is 2.93. The maximum Gasteiger partial charge on any atom is 0.255 e. The summed E-state index contributed by atoms with van der Waals surface area (Å²) in [6.07, 6.45) is 0.717. The molecule has 0 heterocycles. The van der Waals surface area contributed by atoms with E-state index in [0.29, 0.717) is 23.6 Å². The highest BCUT2D eigenvalue weighted by Gasteiger charge is 2.22. The summed E-state index contributed by atoms with van der Waals surface area (Å²) >= 11 is 5.72. The van der Waals surface area contributed by atoms with E-state index in [2.05, 4.69) is 5.32 Å². The van der Waals surface area contributed by atoms with Gasteiger partial charge in [-0.05, 0) is 39.3 Å². The zero-order chi connectivity index (χ0) is 13.8. The van der Waals surface area contributed by atoms with Crippen molar-refractivity contribution >= 4 is 17.5 Å². The predicted octanol–water partition coefficient (Wildman–Crippen LogP) is 3.14. The molecule has 0 atom stereocenters. The molecule has 4 heteroatoms. The molecule has 0 fully saturated rings. The van der Waals surface area contributed by atoms with Crippen molar-refractivity contribution in [2.24, 2.45) is 0 Å². The molecule has 0 bridgehead atoms. The Morgan fingerprint density at radius 2 is 2.11 bits per heavy atom. The summed E-state index contributed by atoms with van der Waals surface area (Å²) in [5.74, 6) is 0.962. The molecule has 1 aromatic rings. The summed E-state index contributed by atoms with van der Waals surface area (Å²) < 4.78 is 5.21. The van der Waals surface area contributed by atoms with Gasteiger partial charge in [0.25, 0.3) is 5.91 Å². The second-order valence-electron chi connectivity index (χ2n) is 4.98. The van der Waals surface area contributed by atoms with E-state index in [4.69, 9.17) is 16.3 Å². The fourth-order valence-electron chi connectivity index (χ4n) is 1.67. The van der Waals surface area contributed by atoms with Crippen molar-refractivity contribution < 1.29 is 9.53 Å². The monoisotopic (exact) mass is 269 g/mol. The number of hydrogen-bond acceptors (Lipinski definition) is 2. The molecule has 0 spiro atoms. The number of aryl methyl sites for hydroxylation is 1. The molecule has 0 aliphatic carbocycles. The van der Waals surface area contributed by atoms with Crippen LogP contribution >= 0.6 is 11.6 Å². The maximum absolute atomic E-state index is 12.2. The molecule has 1 rings (SSSR count). The number of halogens is 1. The van der Waals surface area contributed by atoms with E-state index in [1.54, 1.807) is 13.2 Å². The number of hydrogen-bond donors (Lipinski definition) is 1. The summed E-state index contributed by atoms with van der Waals surface area (Å²) in [5, 5.41) is 2.97. The number of ether oxygens (including phenoxy) is 1. The van der Waals surface area contributed by atoms with Crippen LogP contribution < -0.4 is 10.1 Å². The minimum atomic E-state index is -0.326. The standard InChI is InChI=1S/C14H20ClNO2/c1-10-5-6-12(18-4)11(9-10)13(17)16-14(2,3)7-8-15/h5-6,9H,7-8H2,1-4H3,(H,16,17). The number of methoxy groups -OCH3 is 1. The summed E-state index contributed by atoms with van der Waals surface area (Å²) in [7, 11) is 1.56. The molecule has 1 N–H and O–H groups in total. The molecule has 0 saturated heterocycles. The van der Waals surface area contributed by atoms with E-state index in [1.165, 1.54) is 0 Å². The van der Waals surface area contributed by atoms with Gasteiger partial charge >= 0.3 is 0 Å². The Hall–Kier alpha value is -1.22. The first-order valence-electron chi connectivity index (χ1n) is 5.93. The first kappa shape index (κ1) is 14.8. The van der Waals surface area contributed by atoms with Crippen LogP contribution in [0.5, 0.6) is 5.75 Å². The van der Waals surface area contributed by atoms with Crippen LogP contribution in [0.25, 0.3) is 0 Å². The van der Waals surface area contributed by atoms with Crippen LogP contribution in [0.1, 0.15) is 36.2 Å². The summed E-state index contributed by atoms with van der Waals surface area (Å²) in [4.78, 5) is 12.2. The molecule has 0 aliphatic rings. The largest absolute Gasteiger partial charge is 0.496 e. The zero-order valence-corrected chi connectivity index (χ0v) is 12.1. The van der Waals surface area contributed by atoms with Crippen LogP contribution in [-0.2, 0) is 0 Å². The normalized spacial score (nSPS) is 11.2. The molecule has 0 aromatic heterocycles. The van der Waals surface area contributed by atoms with Gasteiger partial charge in [0.15, 0.2) is 0 Å². The van der Waals surface area contributed by atoms with Gasteiger partial charge in [-0.2, -0.15) is 0 Å². The second-order valence-corrected chi connectivity index (χ2v) is 5.36. The highest BCUT2D eigenvalue weighted by Crippen LogP contribution is 2.21. The van der Waals surface area contributed by atoms with Crippen LogP contribution in [0, 0.1) is 6.92 Å². The van der Waals surface area contributed by atoms with Crippen LogP contribution in [0.3, 0.4) is 0 Å². The van der Waals surface area contributed by atoms with Crippen molar-refractivity contribution in [2.45, 2.75) is 32.7 Å². The Morgan fingerprint density at radius 1 is 1.44 bits per heavy atom. The predicted molar refractivity (Wildman–Crippen MR) is 74.6 cm³/mol. The molecule has 0 saturated carbocycles. The van der Waals surface area contributed by atoms with Crippen LogP contribution in [-0.4, -0.2) is 24.4 Å². The molecular formula is C14H20ClNO2. The molecule has 0 radical (unpaired) electrons. The Bertz CT molecular complexity index is 430. The third-order valence-electron chi connectivity index (χ3n) is 2.77. The van der Waals surface area contributed by atoms with Gasteiger partial charge in [0.05, 0.1) is 12.7 Å². The Kier molecular flexibility index (Phi) is 5.03. The van der Waals surface area contributed by atoms with Crippen molar-refractivity contribution in [1.82, 2.24) is 5.32 Å². The van der Waals surface area contributed by atoms with Crippen molar-refractivity contribution in [3.05, 3.63) is 29.3 Å². The Labute approximate surface area is 113 Å². The van der Waals surface area contributed by atoms with Crippen molar-refractivity contribution in [3.63, 3.8) is 0 Å². The second kappa shape index (κ2) is 6.10. The van der Waals surface area contributed by atoms with Crippen molar-refractivity contribution in [1.29, 1.82) is 0 Å². The third-order valence-corrected chi connectivity index (χ3v) is 2.96. The summed E-state index contributed by atoms with van der Waals surface area (Å²) in [5.41, 5.74) is 1.25. The van der Waals surface area contributed by atoms with E-state index in [1.807, 2.05) is 32.9 Å². The fourth-order valence-corrected chi connectivity index (χ4v) is 2.15. The first-order chi connectivity index (χ1) is 8.39. The number of carbonyl (C=O) groups excluding carboxylic acids is 1. The number of nitrogens with one attached hydrogen (secondary N) is 1. The number of rotatable bonds is 5. The number of carbonyl (C=O) groups is 1. The maximum atomic E-state index is 12.2. The van der Waals surface area contributed by atoms with Gasteiger partial charge in [0, 0.05) is 11.4 Å². The smallest absolute Gasteiger partial charge is 0.255 e. The highest BCUT2D eigenvalue weighted by molar-refractivity contribution is 6.17. The molecular weight excluding hydrogens is 250 g/mol. The lowest BCUT2D eigenvalue weighted by atomic mass is 10.0. The zero-order valence-electron chi connectivity index (χ0n) is 11.3. The van der Waals surface area contributed by atoms with E-state index in [0.717, 1.165) is 5.56 Å². The minimum Gasteiger partial charge on any atom is -0.496 e. The average molecular weight is 270 g/mol. The molecule has 0 unspecified atom stereocenters. The number of benzene rings is 1. The van der Waals surface area contributed by atoms with Gasteiger partial charge in [-0.15, -0.1) is 11.6 Å². The van der Waals surface area contributed by atoms with Crippen LogP contribution in [0.4, 0.5) is 0 Å². The van der Waals surface area contributed by atoms with E-state index < -0.39 is 0 Å². The Morgan fingerprint density at radius 3 is 2.67 bits per heavy atom. The highest BCUT2D eigenvalue weighted by atomic mass is 35.5. The van der Waals surface area contributed by atoms with Crippen LogP contribution in [0.2, 0.25) is 0 Å². The van der Waals surface area contributed by atoms with E-state index in [9.17, 15) is 4.79 Å². The molecule has 18 heavy (non-hydrogen) atoms. The van der Waals surface area contributed by atoms with Gasteiger partial charge in [-0.1, -0.05) is 11.6 Å². The van der Waals surface area contributed by atoms with E-state index >= 15 is 0 Å². The van der Waals surface area contributed by atoms with Gasteiger partial charge in [0.1, 0.15) is 5.75 Å². The van der Waals surface area contributed by atoms with E-state index in [-0.39, 0.29) is 11.4 Å². The van der Waals surface area contributed by atoms with Crippen LogP contribution in [0.15, 0.2) is 18.2 Å². The van der Waals surface area contributed by atoms with Crippen molar-refractivity contribution in [3.8, 4) is 5.75 Å². The molecule has 1 aromatic carbocycles. The lowest BCUT2D eigenvalue weighted by Gasteiger charge is -2.25. The van der Waals surface area contributed by atoms with Gasteiger partial charge in [0.2, 0.25) is 0 Å². The van der Waals surface area contributed by atoms with Gasteiger partial charge in [-0.3, -0.25) is 4.79 Å².